The van der Waals surface area contributed by atoms with Crippen molar-refractivity contribution in [3.8, 4) is 5.75 Å². The Kier molecular flexibility index (Phi) is 4.71. The van der Waals surface area contributed by atoms with Crippen molar-refractivity contribution in [1.82, 2.24) is 9.88 Å². The van der Waals surface area contributed by atoms with Crippen molar-refractivity contribution in [1.29, 1.82) is 0 Å². The molecule has 22 heavy (non-hydrogen) atoms. The number of pyridine rings is 1. The molecular formula is C18H22N2O2. The molecule has 0 saturated carbocycles. The first kappa shape index (κ1) is 15.0. The van der Waals surface area contributed by atoms with E-state index in [-0.39, 0.29) is 0 Å². The Morgan fingerprint density at radius 3 is 3.00 bits per heavy atom. The lowest BCUT2D eigenvalue weighted by atomic mass is 10.0. The highest BCUT2D eigenvalue weighted by Crippen LogP contribution is 2.29. The maximum absolute atomic E-state index is 10.5. The van der Waals surface area contributed by atoms with E-state index in [2.05, 4.69) is 22.9 Å². The highest BCUT2D eigenvalue weighted by molar-refractivity contribution is 5.40. The fraction of sp³-hybridized carbons (Fsp3) is 0.389. The van der Waals surface area contributed by atoms with Gasteiger partial charge in [-0.25, -0.2) is 0 Å². The summed E-state index contributed by atoms with van der Waals surface area (Å²) in [4.78, 5) is 6.47. The van der Waals surface area contributed by atoms with Gasteiger partial charge in [0.25, 0.3) is 0 Å². The van der Waals surface area contributed by atoms with E-state index in [1.807, 2.05) is 24.3 Å². The zero-order valence-electron chi connectivity index (χ0n) is 12.9. The van der Waals surface area contributed by atoms with E-state index < -0.39 is 6.10 Å². The largest absolute Gasteiger partial charge is 0.492 e. The standard InChI is InChI=1S/C18H22N2O2/c1-2-8-20-9-10-22-17-6-5-14(11-16(17)13-20)18(21)15-4-3-7-19-12-15/h3-7,11-12,18,21H,2,8-10,13H2,1H3. The molecular weight excluding hydrogens is 276 g/mol. The number of aliphatic hydroxyl groups is 1. The minimum absolute atomic E-state index is 0.651. The molecule has 4 nitrogen and oxygen atoms in total. The first-order chi connectivity index (χ1) is 10.8. The number of hydrogen-bond donors (Lipinski definition) is 1. The molecule has 3 rings (SSSR count). The fourth-order valence-electron chi connectivity index (χ4n) is 2.88. The van der Waals surface area contributed by atoms with Crippen LogP contribution in [-0.2, 0) is 6.54 Å². The normalized spacial score (nSPS) is 16.5. The van der Waals surface area contributed by atoms with Crippen LogP contribution < -0.4 is 4.74 Å². The van der Waals surface area contributed by atoms with Gasteiger partial charge in [0, 0.05) is 36.6 Å². The fourth-order valence-corrected chi connectivity index (χ4v) is 2.88. The van der Waals surface area contributed by atoms with Crippen LogP contribution in [0.2, 0.25) is 0 Å². The SMILES string of the molecule is CCCN1CCOc2ccc(C(O)c3cccnc3)cc2C1. The minimum Gasteiger partial charge on any atom is -0.492 e. The van der Waals surface area contributed by atoms with Crippen LogP contribution in [0.25, 0.3) is 0 Å². The molecule has 0 aliphatic carbocycles. The summed E-state index contributed by atoms with van der Waals surface area (Å²) < 4.78 is 5.83. The first-order valence-corrected chi connectivity index (χ1v) is 7.84. The minimum atomic E-state index is -0.651. The van der Waals surface area contributed by atoms with E-state index in [1.165, 1.54) is 0 Å². The number of hydrogen-bond acceptors (Lipinski definition) is 4. The molecule has 0 saturated heterocycles. The third-order valence-electron chi connectivity index (χ3n) is 4.00. The highest BCUT2D eigenvalue weighted by Gasteiger charge is 2.18. The smallest absolute Gasteiger partial charge is 0.123 e. The van der Waals surface area contributed by atoms with Crippen molar-refractivity contribution >= 4 is 0 Å². The molecule has 2 aromatic rings. The second-order valence-corrected chi connectivity index (χ2v) is 5.68. The molecule has 0 spiro atoms. The van der Waals surface area contributed by atoms with Crippen LogP contribution in [0.1, 0.15) is 36.1 Å². The lowest BCUT2D eigenvalue weighted by molar-refractivity contribution is 0.219. The van der Waals surface area contributed by atoms with E-state index >= 15 is 0 Å². The van der Waals surface area contributed by atoms with Gasteiger partial charge >= 0.3 is 0 Å². The number of ether oxygens (including phenoxy) is 1. The van der Waals surface area contributed by atoms with Gasteiger partial charge in [-0.1, -0.05) is 19.1 Å². The summed E-state index contributed by atoms with van der Waals surface area (Å²) in [6, 6.07) is 9.70. The highest BCUT2D eigenvalue weighted by atomic mass is 16.5. The number of aromatic nitrogens is 1. The molecule has 1 N–H and O–H groups in total. The van der Waals surface area contributed by atoms with Crippen molar-refractivity contribution in [2.45, 2.75) is 26.0 Å². The van der Waals surface area contributed by atoms with Crippen molar-refractivity contribution in [3.05, 3.63) is 59.4 Å². The summed E-state index contributed by atoms with van der Waals surface area (Å²) in [6.45, 7) is 5.80. The Morgan fingerprint density at radius 2 is 2.23 bits per heavy atom. The van der Waals surface area contributed by atoms with Gasteiger partial charge in [0.05, 0.1) is 0 Å². The van der Waals surface area contributed by atoms with Crippen LogP contribution in [0.4, 0.5) is 0 Å². The molecule has 0 radical (unpaired) electrons. The van der Waals surface area contributed by atoms with Crippen LogP contribution in [0, 0.1) is 0 Å². The lowest BCUT2D eigenvalue weighted by Crippen LogP contribution is -2.26. The van der Waals surface area contributed by atoms with Crippen LogP contribution in [-0.4, -0.2) is 34.7 Å². The van der Waals surface area contributed by atoms with Gasteiger partial charge in [-0.05, 0) is 36.7 Å². The van der Waals surface area contributed by atoms with Crippen LogP contribution in [0.3, 0.4) is 0 Å². The molecule has 1 aliphatic heterocycles. The van der Waals surface area contributed by atoms with E-state index in [0.29, 0.717) is 0 Å². The van der Waals surface area contributed by atoms with E-state index in [4.69, 9.17) is 4.74 Å². The maximum atomic E-state index is 10.5. The average molecular weight is 298 g/mol. The third kappa shape index (κ3) is 3.29. The molecule has 1 unspecified atom stereocenters. The lowest BCUT2D eigenvalue weighted by Gasteiger charge is -2.19. The number of aliphatic hydroxyl groups excluding tert-OH is 1. The van der Waals surface area contributed by atoms with Crippen molar-refractivity contribution < 1.29 is 9.84 Å². The molecule has 1 aromatic carbocycles. The molecule has 1 atom stereocenters. The van der Waals surface area contributed by atoms with Gasteiger partial charge in [-0.2, -0.15) is 0 Å². The monoisotopic (exact) mass is 298 g/mol. The van der Waals surface area contributed by atoms with Crippen molar-refractivity contribution in [2.24, 2.45) is 0 Å². The molecule has 2 heterocycles. The van der Waals surface area contributed by atoms with Crippen molar-refractivity contribution in [2.75, 3.05) is 19.7 Å². The van der Waals surface area contributed by atoms with Gasteiger partial charge in [0.15, 0.2) is 0 Å². The zero-order valence-corrected chi connectivity index (χ0v) is 12.9. The molecule has 4 heteroatoms. The number of rotatable bonds is 4. The number of nitrogens with zero attached hydrogens (tertiary/aromatic N) is 2. The van der Waals surface area contributed by atoms with Crippen LogP contribution in [0.5, 0.6) is 5.75 Å². The molecule has 0 amide bonds. The quantitative estimate of drug-likeness (QED) is 0.943. The van der Waals surface area contributed by atoms with E-state index in [0.717, 1.165) is 55.1 Å². The summed E-state index contributed by atoms with van der Waals surface area (Å²) in [5.41, 5.74) is 2.84. The van der Waals surface area contributed by atoms with Crippen LogP contribution >= 0.6 is 0 Å². The second kappa shape index (κ2) is 6.90. The third-order valence-corrected chi connectivity index (χ3v) is 4.00. The zero-order chi connectivity index (χ0) is 15.4. The number of benzene rings is 1. The maximum Gasteiger partial charge on any atom is 0.123 e. The summed E-state index contributed by atoms with van der Waals surface area (Å²) in [5, 5.41) is 10.5. The predicted octanol–water partition coefficient (Wildman–Crippen LogP) is 2.77. The van der Waals surface area contributed by atoms with Gasteiger partial charge < -0.3 is 9.84 Å². The van der Waals surface area contributed by atoms with Gasteiger partial charge in [0.2, 0.25) is 0 Å². The summed E-state index contributed by atoms with van der Waals surface area (Å²) in [5.74, 6) is 0.931. The van der Waals surface area contributed by atoms with Gasteiger partial charge in [-0.15, -0.1) is 0 Å². The second-order valence-electron chi connectivity index (χ2n) is 5.68. The van der Waals surface area contributed by atoms with E-state index in [9.17, 15) is 5.11 Å². The molecule has 0 bridgehead atoms. The van der Waals surface area contributed by atoms with Crippen molar-refractivity contribution in [3.63, 3.8) is 0 Å². The van der Waals surface area contributed by atoms with Gasteiger partial charge in [-0.3, -0.25) is 9.88 Å². The van der Waals surface area contributed by atoms with Crippen LogP contribution in [0.15, 0.2) is 42.7 Å². The molecule has 1 aliphatic rings. The Balaban J connectivity index is 1.86. The predicted molar refractivity (Wildman–Crippen MR) is 85.8 cm³/mol. The first-order valence-electron chi connectivity index (χ1n) is 7.84. The Morgan fingerprint density at radius 1 is 1.32 bits per heavy atom. The topological polar surface area (TPSA) is 45.6 Å². The molecule has 116 valence electrons. The average Bonchev–Trinajstić information content (AvgIpc) is 2.76. The molecule has 0 fully saturated rings. The molecule has 1 aromatic heterocycles. The van der Waals surface area contributed by atoms with Gasteiger partial charge in [0.1, 0.15) is 18.5 Å². The Hall–Kier alpha value is -1.91. The Bertz CT molecular complexity index is 616. The summed E-state index contributed by atoms with van der Waals surface area (Å²) >= 11 is 0. The van der Waals surface area contributed by atoms with E-state index in [1.54, 1.807) is 12.4 Å². The summed E-state index contributed by atoms with van der Waals surface area (Å²) in [6.07, 6.45) is 3.90. The number of fused-ring (bicyclic) bond motifs is 1. The Labute approximate surface area is 131 Å². The summed E-state index contributed by atoms with van der Waals surface area (Å²) in [7, 11) is 0.